The third kappa shape index (κ3) is 5.32. The highest BCUT2D eigenvalue weighted by Crippen LogP contribution is 2.22. The number of hydrogen-bond acceptors (Lipinski definition) is 3. The van der Waals surface area contributed by atoms with Gasteiger partial charge in [-0.2, -0.15) is 0 Å². The lowest BCUT2D eigenvalue weighted by molar-refractivity contribution is -0.136. The second kappa shape index (κ2) is 10.7. The zero-order valence-electron chi connectivity index (χ0n) is 20.3. The minimum absolute atomic E-state index is 0.124. The fourth-order valence-corrected chi connectivity index (χ4v) is 4.05. The number of fused-ring (bicyclic) bond motifs is 1. The number of rotatable bonds is 10. The number of amides is 1. The Hall–Kier alpha value is -2.82. The van der Waals surface area contributed by atoms with Crippen molar-refractivity contribution >= 4 is 16.9 Å². The van der Waals surface area contributed by atoms with Crippen LogP contribution in [0.2, 0.25) is 0 Å². The maximum atomic E-state index is 13.4. The van der Waals surface area contributed by atoms with Crippen LogP contribution in [0.5, 0.6) is 5.75 Å². The molecule has 1 aromatic heterocycles. The van der Waals surface area contributed by atoms with Crippen LogP contribution in [0.4, 0.5) is 0 Å². The molecular weight excluding hydrogens is 398 g/mol. The van der Waals surface area contributed by atoms with Gasteiger partial charge in [-0.1, -0.05) is 52.0 Å². The fraction of sp³-hybridized carbons (Fsp3) is 0.481. The van der Waals surface area contributed by atoms with Crippen molar-refractivity contribution in [3.8, 4) is 5.75 Å². The Bertz CT molecular complexity index is 1010. The van der Waals surface area contributed by atoms with E-state index in [1.807, 2.05) is 45.9 Å². The highest BCUT2D eigenvalue weighted by Gasteiger charge is 2.25. The summed E-state index contributed by atoms with van der Waals surface area (Å²) in [7, 11) is 0. The smallest absolute Gasteiger partial charge is 0.243 e. The van der Waals surface area contributed by atoms with Crippen LogP contribution in [0.1, 0.15) is 71.7 Å². The van der Waals surface area contributed by atoms with E-state index in [1.165, 1.54) is 5.56 Å². The second-order valence-electron chi connectivity index (χ2n) is 8.93. The van der Waals surface area contributed by atoms with E-state index in [9.17, 15) is 4.79 Å². The van der Waals surface area contributed by atoms with Gasteiger partial charge in [0, 0.05) is 12.1 Å². The molecule has 0 N–H and O–H groups in total. The lowest BCUT2D eigenvalue weighted by atomic mass is 10.0. The van der Waals surface area contributed by atoms with Crippen molar-refractivity contribution in [2.24, 2.45) is 0 Å². The third-order valence-corrected chi connectivity index (χ3v) is 6.36. The van der Waals surface area contributed by atoms with Gasteiger partial charge >= 0.3 is 0 Å². The van der Waals surface area contributed by atoms with Crippen molar-refractivity contribution in [3.63, 3.8) is 0 Å². The van der Waals surface area contributed by atoms with E-state index in [2.05, 4.69) is 53.7 Å². The SMILES string of the molecule is CCC(C)N(C(=O)Cn1c(COc2ccc(C(C)C)cc2)nc2ccccc21)C(C)CC. The number of para-hydroxylation sites is 2. The Labute approximate surface area is 192 Å². The van der Waals surface area contributed by atoms with Crippen molar-refractivity contribution < 1.29 is 9.53 Å². The van der Waals surface area contributed by atoms with Crippen molar-refractivity contribution in [1.82, 2.24) is 14.5 Å². The predicted molar refractivity (Wildman–Crippen MR) is 131 cm³/mol. The first-order chi connectivity index (χ1) is 15.3. The second-order valence-corrected chi connectivity index (χ2v) is 8.93. The Balaban J connectivity index is 1.86. The molecule has 5 heteroatoms. The molecular formula is C27H37N3O2. The van der Waals surface area contributed by atoms with E-state index in [4.69, 9.17) is 9.72 Å². The van der Waals surface area contributed by atoms with Gasteiger partial charge in [-0.25, -0.2) is 4.98 Å². The molecule has 0 fully saturated rings. The average molecular weight is 436 g/mol. The van der Waals surface area contributed by atoms with Crippen molar-refractivity contribution in [3.05, 3.63) is 59.9 Å². The van der Waals surface area contributed by atoms with Crippen molar-refractivity contribution in [2.45, 2.75) is 85.5 Å². The quantitative estimate of drug-likeness (QED) is 0.383. The standard InChI is InChI=1S/C27H37N3O2/c1-7-20(5)30(21(6)8-2)27(31)17-29-25-12-10-9-11-24(25)28-26(29)18-32-23-15-13-22(14-16-23)19(3)4/h9-16,19-21H,7-8,17-18H2,1-6H3. The number of ether oxygens (including phenoxy) is 1. The minimum atomic E-state index is 0.124. The molecule has 0 saturated carbocycles. The van der Waals surface area contributed by atoms with Crippen LogP contribution in [-0.4, -0.2) is 32.4 Å². The first-order valence-electron chi connectivity index (χ1n) is 11.8. The summed E-state index contributed by atoms with van der Waals surface area (Å²) in [5.74, 6) is 2.18. The molecule has 0 saturated heterocycles. The molecule has 0 aliphatic carbocycles. The average Bonchev–Trinajstić information content (AvgIpc) is 3.15. The highest BCUT2D eigenvalue weighted by atomic mass is 16.5. The molecule has 2 atom stereocenters. The summed E-state index contributed by atoms with van der Waals surface area (Å²) in [5, 5.41) is 0. The Kier molecular flexibility index (Phi) is 7.94. The number of carbonyl (C=O) groups is 1. The van der Waals surface area contributed by atoms with Gasteiger partial charge in [-0.15, -0.1) is 0 Å². The Morgan fingerprint density at radius 2 is 1.59 bits per heavy atom. The van der Waals surface area contributed by atoms with Crippen molar-refractivity contribution in [1.29, 1.82) is 0 Å². The van der Waals surface area contributed by atoms with Gasteiger partial charge in [-0.3, -0.25) is 4.79 Å². The van der Waals surface area contributed by atoms with E-state index in [0.29, 0.717) is 12.5 Å². The number of hydrogen-bond donors (Lipinski definition) is 0. The minimum Gasteiger partial charge on any atom is -0.486 e. The van der Waals surface area contributed by atoms with Gasteiger partial charge in [0.15, 0.2) is 0 Å². The molecule has 0 aliphatic rings. The van der Waals surface area contributed by atoms with E-state index < -0.39 is 0 Å². The number of carbonyl (C=O) groups excluding carboxylic acids is 1. The maximum absolute atomic E-state index is 13.4. The van der Waals surface area contributed by atoms with Gasteiger partial charge in [0.2, 0.25) is 5.91 Å². The molecule has 0 radical (unpaired) electrons. The Morgan fingerprint density at radius 1 is 0.969 bits per heavy atom. The molecule has 2 aromatic carbocycles. The largest absolute Gasteiger partial charge is 0.486 e. The van der Waals surface area contributed by atoms with Crippen LogP contribution in [0.3, 0.4) is 0 Å². The molecule has 3 aromatic rings. The Morgan fingerprint density at radius 3 is 2.19 bits per heavy atom. The zero-order chi connectivity index (χ0) is 23.3. The van der Waals surface area contributed by atoms with Gasteiger partial charge < -0.3 is 14.2 Å². The topological polar surface area (TPSA) is 47.4 Å². The molecule has 3 rings (SSSR count). The first kappa shape index (κ1) is 23.8. The third-order valence-electron chi connectivity index (χ3n) is 6.36. The van der Waals surface area contributed by atoms with E-state index in [-0.39, 0.29) is 24.5 Å². The molecule has 0 spiro atoms. The summed E-state index contributed by atoms with van der Waals surface area (Å²) in [6, 6.07) is 16.6. The summed E-state index contributed by atoms with van der Waals surface area (Å²) in [6.45, 7) is 13.4. The summed E-state index contributed by atoms with van der Waals surface area (Å²) in [6.07, 6.45) is 1.87. The first-order valence-corrected chi connectivity index (χ1v) is 11.8. The maximum Gasteiger partial charge on any atom is 0.243 e. The number of benzene rings is 2. The molecule has 0 bridgehead atoms. The number of aromatic nitrogens is 2. The monoisotopic (exact) mass is 435 g/mol. The fourth-order valence-electron chi connectivity index (χ4n) is 4.05. The van der Waals surface area contributed by atoms with Crippen LogP contribution in [0, 0.1) is 0 Å². The van der Waals surface area contributed by atoms with Crippen LogP contribution >= 0.6 is 0 Å². The summed E-state index contributed by atoms with van der Waals surface area (Å²) in [4.78, 5) is 20.2. The predicted octanol–water partition coefficient (Wildman–Crippen LogP) is 6.16. The lowest BCUT2D eigenvalue weighted by Crippen LogP contribution is -2.45. The molecule has 5 nitrogen and oxygen atoms in total. The van der Waals surface area contributed by atoms with Gasteiger partial charge in [-0.05, 0) is 62.4 Å². The molecule has 1 amide bonds. The highest BCUT2D eigenvalue weighted by molar-refractivity contribution is 5.81. The normalized spacial score (nSPS) is 13.3. The van der Waals surface area contributed by atoms with Crippen LogP contribution in [0.25, 0.3) is 11.0 Å². The molecule has 1 heterocycles. The van der Waals surface area contributed by atoms with Gasteiger partial charge in [0.1, 0.15) is 24.7 Å². The van der Waals surface area contributed by atoms with Crippen LogP contribution in [-0.2, 0) is 17.9 Å². The van der Waals surface area contributed by atoms with E-state index >= 15 is 0 Å². The lowest BCUT2D eigenvalue weighted by Gasteiger charge is -2.34. The molecule has 172 valence electrons. The number of nitrogens with zero attached hydrogens (tertiary/aromatic N) is 3. The van der Waals surface area contributed by atoms with Gasteiger partial charge in [0.05, 0.1) is 11.0 Å². The summed E-state index contributed by atoms with van der Waals surface area (Å²) < 4.78 is 8.08. The summed E-state index contributed by atoms with van der Waals surface area (Å²) >= 11 is 0. The van der Waals surface area contributed by atoms with Gasteiger partial charge in [0.25, 0.3) is 0 Å². The van der Waals surface area contributed by atoms with Crippen LogP contribution in [0.15, 0.2) is 48.5 Å². The van der Waals surface area contributed by atoms with E-state index in [0.717, 1.165) is 35.4 Å². The van der Waals surface area contributed by atoms with Crippen LogP contribution < -0.4 is 4.74 Å². The zero-order valence-corrected chi connectivity index (χ0v) is 20.3. The number of imidazole rings is 1. The van der Waals surface area contributed by atoms with E-state index in [1.54, 1.807) is 0 Å². The molecule has 32 heavy (non-hydrogen) atoms. The molecule has 0 aliphatic heterocycles. The molecule has 2 unspecified atom stereocenters. The summed E-state index contributed by atoms with van der Waals surface area (Å²) in [5.41, 5.74) is 3.13. The van der Waals surface area contributed by atoms with Crippen molar-refractivity contribution in [2.75, 3.05) is 0 Å².